The van der Waals surface area contributed by atoms with E-state index in [0.717, 1.165) is 12.2 Å². The molecule has 0 aromatic heterocycles. The lowest BCUT2D eigenvalue weighted by atomic mass is 10.4. The van der Waals surface area contributed by atoms with Gasteiger partial charge in [0.25, 0.3) is 0 Å². The van der Waals surface area contributed by atoms with Crippen molar-refractivity contribution in [1.82, 2.24) is 4.72 Å². The second-order valence-electron chi connectivity index (χ2n) is 1.83. The Kier molecular flexibility index (Phi) is 5.94. The topological polar surface area (TPSA) is 12.0 Å². The fourth-order valence-corrected chi connectivity index (χ4v) is 0.989. The Morgan fingerprint density at radius 2 is 2.22 bits per heavy atom. The van der Waals surface area contributed by atoms with Crippen LogP contribution in [0.2, 0.25) is 0 Å². The number of nitrogens with one attached hydrogen (secondary N) is 1. The van der Waals surface area contributed by atoms with Crippen LogP contribution in [0.4, 0.5) is 0 Å². The quantitative estimate of drug-likeness (QED) is 0.610. The lowest BCUT2D eigenvalue weighted by molar-refractivity contribution is 1.11. The molecule has 0 radical (unpaired) electrons. The number of hydrogen-bond donors (Lipinski definition) is 1. The molecule has 0 aromatic carbocycles. The molecule has 2 heteroatoms. The summed E-state index contributed by atoms with van der Waals surface area (Å²) in [4.78, 5) is 0. The van der Waals surface area contributed by atoms with E-state index >= 15 is 0 Å². The zero-order valence-electron chi connectivity index (χ0n) is 6.40. The summed E-state index contributed by atoms with van der Waals surface area (Å²) in [6.45, 7) is 6.37. The number of hydrogen-bond acceptors (Lipinski definition) is 2. The minimum Gasteiger partial charge on any atom is -0.334 e. The molecule has 0 fully saturated rings. The van der Waals surface area contributed by atoms with Gasteiger partial charge in [-0.15, -0.1) is 0 Å². The van der Waals surface area contributed by atoms with Crippen molar-refractivity contribution in [2.45, 2.75) is 27.2 Å². The zero-order valence-corrected chi connectivity index (χ0v) is 7.22. The van der Waals surface area contributed by atoms with Gasteiger partial charge in [-0.3, -0.25) is 0 Å². The van der Waals surface area contributed by atoms with Crippen LogP contribution in [0.25, 0.3) is 0 Å². The first-order chi connectivity index (χ1) is 4.31. The van der Waals surface area contributed by atoms with Crippen molar-refractivity contribution < 1.29 is 0 Å². The molecule has 0 bridgehead atoms. The lowest BCUT2D eigenvalue weighted by Crippen LogP contribution is -1.99. The van der Waals surface area contributed by atoms with E-state index in [-0.39, 0.29) is 0 Å². The normalized spacial score (nSPS) is 11.7. The molecule has 0 aliphatic heterocycles. The Bertz CT molecular complexity index is 88.9. The SMILES string of the molecule is CC/C=C(/C)NSCC. The minimum absolute atomic E-state index is 1.11. The predicted molar refractivity (Wildman–Crippen MR) is 45.3 cm³/mol. The van der Waals surface area contributed by atoms with Gasteiger partial charge >= 0.3 is 0 Å². The van der Waals surface area contributed by atoms with Gasteiger partial charge in [-0.1, -0.05) is 31.9 Å². The Hall–Kier alpha value is -0.110. The van der Waals surface area contributed by atoms with E-state index < -0.39 is 0 Å². The predicted octanol–water partition coefficient (Wildman–Crippen LogP) is 2.56. The molecule has 0 saturated heterocycles. The van der Waals surface area contributed by atoms with Crippen molar-refractivity contribution in [3.8, 4) is 0 Å². The molecule has 0 aromatic rings. The Balaban J connectivity index is 3.25. The highest BCUT2D eigenvalue weighted by molar-refractivity contribution is 7.97. The van der Waals surface area contributed by atoms with Gasteiger partial charge in [0.2, 0.25) is 0 Å². The molecule has 0 spiro atoms. The van der Waals surface area contributed by atoms with Gasteiger partial charge in [-0.2, -0.15) is 0 Å². The van der Waals surface area contributed by atoms with Crippen LogP contribution in [0.5, 0.6) is 0 Å². The lowest BCUT2D eigenvalue weighted by Gasteiger charge is -2.01. The van der Waals surface area contributed by atoms with Crippen LogP contribution in [0.1, 0.15) is 27.2 Å². The first-order valence-corrected chi connectivity index (χ1v) is 4.34. The third kappa shape index (κ3) is 5.77. The molecule has 54 valence electrons. The monoisotopic (exact) mass is 145 g/mol. The van der Waals surface area contributed by atoms with Crippen LogP contribution in [0.3, 0.4) is 0 Å². The van der Waals surface area contributed by atoms with Gasteiger partial charge in [0.15, 0.2) is 0 Å². The van der Waals surface area contributed by atoms with Crippen molar-refractivity contribution in [1.29, 1.82) is 0 Å². The molecule has 1 nitrogen and oxygen atoms in total. The van der Waals surface area contributed by atoms with Crippen molar-refractivity contribution >= 4 is 11.9 Å². The molecule has 1 N–H and O–H groups in total. The summed E-state index contributed by atoms with van der Waals surface area (Å²) in [7, 11) is 0. The molecular weight excluding hydrogens is 130 g/mol. The Morgan fingerprint density at radius 3 is 2.67 bits per heavy atom. The second-order valence-corrected chi connectivity index (χ2v) is 2.90. The van der Waals surface area contributed by atoms with Crippen LogP contribution in [0.15, 0.2) is 11.8 Å². The first-order valence-electron chi connectivity index (χ1n) is 3.35. The molecule has 0 atom stereocenters. The number of rotatable bonds is 4. The summed E-state index contributed by atoms with van der Waals surface area (Å²) < 4.78 is 3.21. The van der Waals surface area contributed by atoms with E-state index in [0.29, 0.717) is 0 Å². The van der Waals surface area contributed by atoms with E-state index in [1.54, 1.807) is 11.9 Å². The van der Waals surface area contributed by atoms with Crippen LogP contribution in [0, 0.1) is 0 Å². The maximum atomic E-state index is 3.21. The average Bonchev–Trinajstić information content (AvgIpc) is 1.85. The summed E-state index contributed by atoms with van der Waals surface area (Å²) in [5.74, 6) is 1.12. The van der Waals surface area contributed by atoms with Crippen LogP contribution in [-0.4, -0.2) is 5.75 Å². The zero-order chi connectivity index (χ0) is 7.11. The van der Waals surface area contributed by atoms with Gasteiger partial charge in [0.1, 0.15) is 0 Å². The summed E-state index contributed by atoms with van der Waals surface area (Å²) >= 11 is 1.74. The van der Waals surface area contributed by atoms with Crippen LogP contribution >= 0.6 is 11.9 Å². The molecular formula is C7H15NS. The van der Waals surface area contributed by atoms with E-state index in [1.165, 1.54) is 5.70 Å². The smallest absolute Gasteiger partial charge is 0.0139 e. The molecule has 0 heterocycles. The van der Waals surface area contributed by atoms with E-state index in [9.17, 15) is 0 Å². The van der Waals surface area contributed by atoms with Crippen molar-refractivity contribution in [3.63, 3.8) is 0 Å². The van der Waals surface area contributed by atoms with Gasteiger partial charge in [-0.05, 0) is 13.3 Å². The molecule has 0 unspecified atom stereocenters. The van der Waals surface area contributed by atoms with Gasteiger partial charge in [0, 0.05) is 11.4 Å². The Labute approximate surface area is 62.0 Å². The van der Waals surface area contributed by atoms with E-state index in [2.05, 4.69) is 31.6 Å². The van der Waals surface area contributed by atoms with Gasteiger partial charge in [-0.25, -0.2) is 0 Å². The summed E-state index contributed by atoms with van der Waals surface area (Å²) in [6.07, 6.45) is 3.30. The second kappa shape index (κ2) is 6.02. The average molecular weight is 145 g/mol. The maximum Gasteiger partial charge on any atom is 0.0139 e. The molecule has 0 aliphatic carbocycles. The third-order valence-electron chi connectivity index (χ3n) is 0.888. The van der Waals surface area contributed by atoms with Crippen molar-refractivity contribution in [2.24, 2.45) is 0 Å². The Morgan fingerprint density at radius 1 is 1.56 bits per heavy atom. The summed E-state index contributed by atoms with van der Waals surface area (Å²) in [6, 6.07) is 0. The maximum absolute atomic E-state index is 3.21. The number of allylic oxidation sites excluding steroid dienone is 2. The molecule has 9 heavy (non-hydrogen) atoms. The molecule has 0 rings (SSSR count). The largest absolute Gasteiger partial charge is 0.334 e. The molecule has 0 saturated carbocycles. The molecule has 0 aliphatic rings. The molecule has 0 amide bonds. The fraction of sp³-hybridized carbons (Fsp3) is 0.714. The van der Waals surface area contributed by atoms with Gasteiger partial charge < -0.3 is 4.72 Å². The highest BCUT2D eigenvalue weighted by atomic mass is 32.2. The van der Waals surface area contributed by atoms with Crippen molar-refractivity contribution in [3.05, 3.63) is 11.8 Å². The summed E-state index contributed by atoms with van der Waals surface area (Å²) in [5, 5.41) is 0. The first kappa shape index (κ1) is 8.89. The minimum atomic E-state index is 1.11. The highest BCUT2D eigenvalue weighted by Crippen LogP contribution is 1.98. The van der Waals surface area contributed by atoms with E-state index in [1.807, 2.05) is 0 Å². The van der Waals surface area contributed by atoms with Gasteiger partial charge in [0.05, 0.1) is 0 Å². The van der Waals surface area contributed by atoms with Crippen LogP contribution in [-0.2, 0) is 0 Å². The summed E-state index contributed by atoms with van der Waals surface area (Å²) in [5.41, 5.74) is 1.27. The van der Waals surface area contributed by atoms with E-state index in [4.69, 9.17) is 0 Å². The van der Waals surface area contributed by atoms with Crippen LogP contribution < -0.4 is 4.72 Å². The van der Waals surface area contributed by atoms with Crippen molar-refractivity contribution in [2.75, 3.05) is 5.75 Å². The highest BCUT2D eigenvalue weighted by Gasteiger charge is 1.82. The standard InChI is InChI=1S/C7H15NS/c1-4-6-7(3)8-9-5-2/h6,8H,4-5H2,1-3H3/b7-6-. The third-order valence-corrected chi connectivity index (χ3v) is 1.64. The fourth-order valence-electron chi connectivity index (χ4n) is 0.534.